The zero-order valence-corrected chi connectivity index (χ0v) is 14.6. The molecule has 0 spiro atoms. The summed E-state index contributed by atoms with van der Waals surface area (Å²) in [6.45, 7) is 0. The number of aromatic carboxylic acids is 1. The van der Waals surface area contributed by atoms with Crippen LogP contribution in [-0.2, 0) is 5.67 Å². The Bertz CT molecular complexity index is 1140. The normalized spacial score (nSPS) is 21.5. The average molecular weight is 378 g/mol. The van der Waals surface area contributed by atoms with Crippen LogP contribution < -0.4 is 5.73 Å². The Morgan fingerprint density at radius 1 is 1.11 bits per heavy atom. The van der Waals surface area contributed by atoms with Crippen molar-refractivity contribution in [1.29, 1.82) is 0 Å². The van der Waals surface area contributed by atoms with Gasteiger partial charge in [0.25, 0.3) is 0 Å². The molecule has 0 bridgehead atoms. The minimum atomic E-state index is -2.45. The summed E-state index contributed by atoms with van der Waals surface area (Å²) in [7, 11) is 0. The molecule has 4 rings (SSSR count). The molecule has 0 saturated heterocycles. The van der Waals surface area contributed by atoms with Crippen molar-refractivity contribution in [3.63, 3.8) is 0 Å². The smallest absolute Gasteiger partial charge is 0.338 e. The van der Waals surface area contributed by atoms with E-state index in [-0.39, 0.29) is 22.5 Å². The van der Waals surface area contributed by atoms with Crippen LogP contribution in [0.1, 0.15) is 27.5 Å². The number of carboxylic acids is 1. The molecule has 1 aliphatic carbocycles. The van der Waals surface area contributed by atoms with Crippen LogP contribution in [0.3, 0.4) is 0 Å². The van der Waals surface area contributed by atoms with Gasteiger partial charge in [-0.3, -0.25) is 0 Å². The molecule has 0 amide bonds. The fourth-order valence-electron chi connectivity index (χ4n) is 3.49. The van der Waals surface area contributed by atoms with Crippen LogP contribution in [0, 0.1) is 0 Å². The molecule has 6 heteroatoms. The van der Waals surface area contributed by atoms with E-state index in [1.54, 1.807) is 48.5 Å². The van der Waals surface area contributed by atoms with Gasteiger partial charge in [0.2, 0.25) is 0 Å². The number of alkyl halides is 1. The average Bonchev–Trinajstić information content (AvgIpc) is 2.67. The molecule has 2 atom stereocenters. The first kappa shape index (κ1) is 17.9. The Hall–Kier alpha value is -3.54. The number of pyridine rings is 1. The number of nitrogen functional groups attached to an aromatic ring is 1. The number of hydrogen-bond acceptors (Lipinski definition) is 3. The monoisotopic (exact) mass is 378 g/mol. The van der Waals surface area contributed by atoms with Crippen LogP contribution >= 0.6 is 0 Å². The second-order valence-corrected chi connectivity index (χ2v) is 6.62. The third kappa shape index (κ3) is 2.83. The van der Waals surface area contributed by atoms with Crippen molar-refractivity contribution in [1.82, 2.24) is 4.98 Å². The van der Waals surface area contributed by atoms with Crippen molar-refractivity contribution in [2.75, 3.05) is 5.73 Å². The van der Waals surface area contributed by atoms with E-state index in [4.69, 9.17) is 5.73 Å². The van der Waals surface area contributed by atoms with E-state index < -0.39 is 23.4 Å². The maximum atomic E-state index is 15.7. The van der Waals surface area contributed by atoms with Crippen molar-refractivity contribution in [2.45, 2.75) is 11.6 Å². The summed E-state index contributed by atoms with van der Waals surface area (Å²) in [5, 5.41) is 9.87. The standard InChI is InChI=1S/C22H16F2N2O2/c23-16-12-22(24,11-10-14(16)13-6-2-1-3-7-13)20-19(25)18(21(27)28)15-8-4-5-9-17(15)26-20/h1-12,14H,25H2,(H,27,28). The Morgan fingerprint density at radius 3 is 2.46 bits per heavy atom. The first-order valence-electron chi connectivity index (χ1n) is 8.64. The number of para-hydroxylation sites is 1. The lowest BCUT2D eigenvalue weighted by atomic mass is 9.85. The molecule has 3 N–H and O–H groups in total. The van der Waals surface area contributed by atoms with Crippen LogP contribution in [0.4, 0.5) is 14.5 Å². The predicted octanol–water partition coefficient (Wildman–Crippen LogP) is 4.89. The molecule has 28 heavy (non-hydrogen) atoms. The summed E-state index contributed by atoms with van der Waals surface area (Å²) in [5.74, 6) is -2.71. The highest BCUT2D eigenvalue weighted by Crippen LogP contribution is 2.43. The summed E-state index contributed by atoms with van der Waals surface area (Å²) >= 11 is 0. The van der Waals surface area contributed by atoms with Gasteiger partial charge < -0.3 is 10.8 Å². The summed E-state index contributed by atoms with van der Waals surface area (Å²) in [6, 6.07) is 15.3. The molecule has 1 aromatic heterocycles. The van der Waals surface area contributed by atoms with Crippen LogP contribution in [0.5, 0.6) is 0 Å². The fourth-order valence-corrected chi connectivity index (χ4v) is 3.49. The number of nitrogens with two attached hydrogens (primary N) is 1. The van der Waals surface area contributed by atoms with Gasteiger partial charge in [-0.25, -0.2) is 18.6 Å². The third-order valence-corrected chi connectivity index (χ3v) is 4.84. The number of halogens is 2. The largest absolute Gasteiger partial charge is 0.478 e. The molecule has 0 radical (unpaired) electrons. The predicted molar refractivity (Wildman–Crippen MR) is 103 cm³/mol. The highest BCUT2D eigenvalue weighted by atomic mass is 19.1. The quantitative estimate of drug-likeness (QED) is 0.637. The van der Waals surface area contributed by atoms with E-state index in [1.165, 1.54) is 12.2 Å². The molecule has 0 aliphatic heterocycles. The van der Waals surface area contributed by atoms with E-state index in [0.717, 1.165) is 6.08 Å². The molecule has 2 aromatic carbocycles. The fraction of sp³-hybridized carbons (Fsp3) is 0.0909. The Labute approximate surface area is 159 Å². The third-order valence-electron chi connectivity index (χ3n) is 4.84. The topological polar surface area (TPSA) is 76.2 Å². The molecular weight excluding hydrogens is 362 g/mol. The number of carboxylic acid groups (broad SMARTS) is 1. The minimum absolute atomic E-state index is 0.245. The van der Waals surface area contributed by atoms with Gasteiger partial charge in [0.05, 0.1) is 22.7 Å². The van der Waals surface area contributed by atoms with Gasteiger partial charge in [-0.1, -0.05) is 54.6 Å². The zero-order chi connectivity index (χ0) is 19.9. The van der Waals surface area contributed by atoms with Crippen molar-refractivity contribution in [2.24, 2.45) is 0 Å². The number of benzene rings is 2. The molecule has 4 nitrogen and oxygen atoms in total. The van der Waals surface area contributed by atoms with Crippen LogP contribution in [0.2, 0.25) is 0 Å². The molecule has 3 aromatic rings. The SMILES string of the molecule is Nc1c(C2(F)C=CC(c3ccccc3)C(F)=C2)nc2ccccc2c1C(=O)O. The summed E-state index contributed by atoms with van der Waals surface area (Å²) < 4.78 is 30.5. The van der Waals surface area contributed by atoms with Crippen molar-refractivity contribution in [3.8, 4) is 0 Å². The lowest BCUT2D eigenvalue weighted by Gasteiger charge is -2.26. The first-order valence-corrected chi connectivity index (χ1v) is 8.64. The van der Waals surface area contributed by atoms with E-state index in [9.17, 15) is 14.3 Å². The number of aromatic nitrogens is 1. The van der Waals surface area contributed by atoms with Crippen LogP contribution in [-0.4, -0.2) is 16.1 Å². The summed E-state index contributed by atoms with van der Waals surface area (Å²) in [4.78, 5) is 16.0. The van der Waals surface area contributed by atoms with E-state index in [0.29, 0.717) is 10.9 Å². The highest BCUT2D eigenvalue weighted by Gasteiger charge is 2.38. The van der Waals surface area contributed by atoms with Crippen molar-refractivity contribution < 1.29 is 18.7 Å². The second kappa shape index (κ2) is 6.56. The molecule has 0 saturated carbocycles. The van der Waals surface area contributed by atoms with Crippen LogP contribution in [0.15, 0.2) is 78.7 Å². The van der Waals surface area contributed by atoms with Gasteiger partial charge in [-0.05, 0) is 23.8 Å². The van der Waals surface area contributed by atoms with Gasteiger partial charge in [0.15, 0.2) is 5.67 Å². The van der Waals surface area contributed by atoms with Gasteiger partial charge >= 0.3 is 5.97 Å². The molecule has 1 heterocycles. The first-order chi connectivity index (χ1) is 13.4. The number of hydrogen-bond donors (Lipinski definition) is 2. The lowest BCUT2D eigenvalue weighted by molar-refractivity contribution is 0.0700. The van der Waals surface area contributed by atoms with Crippen LogP contribution in [0.25, 0.3) is 10.9 Å². The molecule has 0 fully saturated rings. The summed E-state index contributed by atoms with van der Waals surface area (Å²) in [5.41, 5.74) is 3.59. The van der Waals surface area contributed by atoms with E-state index in [1.807, 2.05) is 6.07 Å². The summed E-state index contributed by atoms with van der Waals surface area (Å²) in [6.07, 6.45) is 3.39. The number of anilines is 1. The van der Waals surface area contributed by atoms with Crippen molar-refractivity contribution in [3.05, 3.63) is 95.5 Å². The minimum Gasteiger partial charge on any atom is -0.478 e. The van der Waals surface area contributed by atoms with Gasteiger partial charge in [-0.15, -0.1) is 0 Å². The van der Waals surface area contributed by atoms with Gasteiger partial charge in [0, 0.05) is 5.39 Å². The molecule has 2 unspecified atom stereocenters. The second-order valence-electron chi connectivity index (χ2n) is 6.62. The number of fused-ring (bicyclic) bond motifs is 1. The highest BCUT2D eigenvalue weighted by molar-refractivity contribution is 6.07. The maximum absolute atomic E-state index is 15.7. The number of carbonyl (C=O) groups is 1. The van der Waals surface area contributed by atoms with Crippen molar-refractivity contribution >= 4 is 22.6 Å². The number of allylic oxidation sites excluding steroid dienone is 4. The molecule has 140 valence electrons. The Balaban J connectivity index is 1.87. The number of nitrogens with zero attached hydrogens (tertiary/aromatic N) is 1. The van der Waals surface area contributed by atoms with Gasteiger partial charge in [0.1, 0.15) is 11.5 Å². The number of rotatable bonds is 3. The zero-order valence-electron chi connectivity index (χ0n) is 14.6. The maximum Gasteiger partial charge on any atom is 0.338 e. The molecular formula is C22H16F2N2O2. The lowest BCUT2D eigenvalue weighted by Crippen LogP contribution is -2.24. The molecule has 1 aliphatic rings. The van der Waals surface area contributed by atoms with Gasteiger partial charge in [-0.2, -0.15) is 0 Å². The van der Waals surface area contributed by atoms with E-state index >= 15 is 4.39 Å². The Morgan fingerprint density at radius 2 is 1.79 bits per heavy atom. The Kier molecular flexibility index (Phi) is 4.19. The van der Waals surface area contributed by atoms with E-state index in [2.05, 4.69) is 4.98 Å².